The predicted octanol–water partition coefficient (Wildman–Crippen LogP) is 3.72. The molecule has 0 radical (unpaired) electrons. The van der Waals surface area contributed by atoms with Gasteiger partial charge in [-0.05, 0) is 6.07 Å². The van der Waals surface area contributed by atoms with Gasteiger partial charge in [0.25, 0.3) is 0 Å². The molecule has 0 amide bonds. The highest BCUT2D eigenvalue weighted by molar-refractivity contribution is 5.20. The van der Waals surface area contributed by atoms with E-state index in [-0.39, 0.29) is 0 Å². The minimum Gasteiger partial charge on any atom is -0.276 e. The van der Waals surface area contributed by atoms with Crippen LogP contribution in [-0.4, -0.2) is 22.5 Å². The van der Waals surface area contributed by atoms with Gasteiger partial charge in [-0.3, -0.25) is 5.10 Å². The monoisotopic (exact) mass is 304 g/mol. The molecule has 1 aromatic rings. The fourth-order valence-corrected chi connectivity index (χ4v) is 0.941. The molecule has 12 heteroatoms. The Kier molecular flexibility index (Phi) is 3.28. The molecule has 0 spiro atoms. The molecule has 0 atom stereocenters. The summed E-state index contributed by atoms with van der Waals surface area (Å²) in [5, 5.41) is 2.99. The molecule has 0 saturated heterocycles. The third-order valence-corrected chi connectivity index (χ3v) is 1.95. The number of aromatic nitrogens is 2. The van der Waals surface area contributed by atoms with Crippen LogP contribution in [0.15, 0.2) is 6.07 Å². The van der Waals surface area contributed by atoms with Gasteiger partial charge in [-0.15, -0.1) is 0 Å². The molecule has 1 rings (SSSR count). The Bertz CT molecular complexity index is 413. The zero-order valence-corrected chi connectivity index (χ0v) is 8.30. The molecule has 0 aliphatic rings. The average molecular weight is 304 g/mol. The third-order valence-electron chi connectivity index (χ3n) is 1.95. The first-order valence-electron chi connectivity index (χ1n) is 4.16. The minimum absolute atomic E-state index is 0.680. The van der Waals surface area contributed by atoms with Crippen molar-refractivity contribution < 1.29 is 43.9 Å². The summed E-state index contributed by atoms with van der Waals surface area (Å²) in [6.45, 7) is 0. The number of nitrogens with one attached hydrogen (secondary N) is 1. The Labute approximate surface area is 96.9 Å². The van der Waals surface area contributed by atoms with Crippen LogP contribution < -0.4 is 0 Å². The molecule has 2 nitrogen and oxygen atoms in total. The summed E-state index contributed by atoms with van der Waals surface area (Å²) >= 11 is 0. The van der Waals surface area contributed by atoms with Crippen LogP contribution in [0.5, 0.6) is 0 Å². The molecule has 0 aliphatic heterocycles. The van der Waals surface area contributed by atoms with Gasteiger partial charge in [-0.2, -0.15) is 49.0 Å². The van der Waals surface area contributed by atoms with Crippen LogP contribution in [0.1, 0.15) is 11.4 Å². The van der Waals surface area contributed by atoms with Crippen molar-refractivity contribution in [1.29, 1.82) is 0 Å². The molecular weight excluding hydrogens is 302 g/mol. The normalized spacial score (nSPS) is 14.8. The maximum Gasteiger partial charge on any atom is 0.459 e. The van der Waals surface area contributed by atoms with Crippen molar-refractivity contribution in [3.63, 3.8) is 0 Å². The smallest absolute Gasteiger partial charge is 0.276 e. The summed E-state index contributed by atoms with van der Waals surface area (Å²) in [5.74, 6) is -11.3. The van der Waals surface area contributed by atoms with Crippen LogP contribution >= 0.6 is 0 Å². The van der Waals surface area contributed by atoms with Crippen LogP contribution in [-0.2, 0) is 11.8 Å². The van der Waals surface area contributed by atoms with E-state index in [0.29, 0.717) is 0 Å². The zero-order chi connectivity index (χ0) is 15.3. The Morgan fingerprint density at radius 3 is 1.53 bits per heavy atom. The number of H-pyrrole nitrogens is 1. The van der Waals surface area contributed by atoms with Crippen molar-refractivity contribution in [1.82, 2.24) is 10.2 Å². The highest BCUT2D eigenvalue weighted by Gasteiger charge is 2.63. The van der Waals surface area contributed by atoms with E-state index in [2.05, 4.69) is 5.10 Å². The Balaban J connectivity index is 3.22. The summed E-state index contributed by atoms with van der Waals surface area (Å²) in [6.07, 6.45) is -12.3. The zero-order valence-electron chi connectivity index (χ0n) is 8.30. The van der Waals surface area contributed by atoms with Crippen LogP contribution in [0, 0.1) is 0 Å². The first kappa shape index (κ1) is 15.6. The Morgan fingerprint density at radius 2 is 1.16 bits per heavy atom. The van der Waals surface area contributed by atoms with Crippen LogP contribution in [0.3, 0.4) is 0 Å². The van der Waals surface area contributed by atoms with Gasteiger partial charge >= 0.3 is 24.2 Å². The first-order valence-corrected chi connectivity index (χ1v) is 4.16. The van der Waals surface area contributed by atoms with Gasteiger partial charge in [0.05, 0.1) is 0 Å². The number of hydrogen-bond donors (Lipinski definition) is 1. The number of rotatable bonds is 2. The van der Waals surface area contributed by atoms with Crippen molar-refractivity contribution in [3.05, 3.63) is 17.5 Å². The SMILES string of the molecule is FC(F)(F)C(F)(F)c1cc(C(F)(F)C(F)(F)F)[nH]n1. The van der Waals surface area contributed by atoms with Crippen LogP contribution in [0.4, 0.5) is 43.9 Å². The van der Waals surface area contributed by atoms with Crippen molar-refractivity contribution in [2.75, 3.05) is 0 Å². The highest BCUT2D eigenvalue weighted by Crippen LogP contribution is 2.47. The van der Waals surface area contributed by atoms with Crippen molar-refractivity contribution in [3.8, 4) is 0 Å². The maximum atomic E-state index is 12.6. The maximum absolute atomic E-state index is 12.6. The van der Waals surface area contributed by atoms with Gasteiger partial charge in [0.15, 0.2) is 0 Å². The molecule has 0 aliphatic carbocycles. The van der Waals surface area contributed by atoms with E-state index in [1.807, 2.05) is 0 Å². The van der Waals surface area contributed by atoms with Gasteiger partial charge < -0.3 is 0 Å². The lowest BCUT2D eigenvalue weighted by molar-refractivity contribution is -0.292. The van der Waals surface area contributed by atoms with E-state index < -0.39 is 41.7 Å². The van der Waals surface area contributed by atoms with Gasteiger partial charge in [-0.25, -0.2) is 0 Å². The van der Waals surface area contributed by atoms with E-state index in [1.54, 1.807) is 0 Å². The van der Waals surface area contributed by atoms with E-state index in [1.165, 1.54) is 0 Å². The van der Waals surface area contributed by atoms with Crippen molar-refractivity contribution >= 4 is 0 Å². The molecular formula is C7H2F10N2. The van der Waals surface area contributed by atoms with Crippen molar-refractivity contribution in [2.24, 2.45) is 0 Å². The molecule has 19 heavy (non-hydrogen) atoms. The average Bonchev–Trinajstić information content (AvgIpc) is 2.62. The summed E-state index contributed by atoms with van der Waals surface area (Å²) in [6, 6.07) is -0.680. The quantitative estimate of drug-likeness (QED) is 0.829. The standard InChI is InChI=1S/C7H2F10N2/c8-4(9,6(12,13)14)2-1-3(19-18-2)5(10,11)7(15,16)17/h1H,(H,18,19). The van der Waals surface area contributed by atoms with E-state index in [9.17, 15) is 43.9 Å². The fourth-order valence-electron chi connectivity index (χ4n) is 0.941. The second-order valence-electron chi connectivity index (χ2n) is 3.31. The Hall–Kier alpha value is -1.49. The molecule has 0 saturated carbocycles. The largest absolute Gasteiger partial charge is 0.459 e. The number of hydrogen-bond acceptors (Lipinski definition) is 1. The highest BCUT2D eigenvalue weighted by atomic mass is 19.4. The lowest BCUT2D eigenvalue weighted by Crippen LogP contribution is -2.35. The lowest BCUT2D eigenvalue weighted by atomic mass is 10.1. The first-order chi connectivity index (χ1) is 8.21. The Morgan fingerprint density at radius 1 is 0.737 bits per heavy atom. The summed E-state index contributed by atoms with van der Waals surface area (Å²) < 4.78 is 122. The number of alkyl halides is 10. The molecule has 1 aromatic heterocycles. The molecule has 0 bridgehead atoms. The molecule has 1 N–H and O–H groups in total. The van der Waals surface area contributed by atoms with Crippen LogP contribution in [0.25, 0.3) is 0 Å². The van der Waals surface area contributed by atoms with Crippen molar-refractivity contribution in [2.45, 2.75) is 24.2 Å². The number of halogens is 10. The molecule has 1 heterocycles. The molecule has 110 valence electrons. The number of aromatic amines is 1. The van der Waals surface area contributed by atoms with Gasteiger partial charge in [0.1, 0.15) is 11.4 Å². The summed E-state index contributed by atoms with van der Waals surface area (Å²) in [4.78, 5) is 0. The second-order valence-corrected chi connectivity index (χ2v) is 3.31. The fraction of sp³-hybridized carbons (Fsp3) is 0.571. The predicted molar refractivity (Wildman–Crippen MR) is 38.5 cm³/mol. The van der Waals surface area contributed by atoms with Crippen LogP contribution in [0.2, 0.25) is 0 Å². The van der Waals surface area contributed by atoms with Gasteiger partial charge in [0.2, 0.25) is 0 Å². The lowest BCUT2D eigenvalue weighted by Gasteiger charge is -2.18. The molecule has 0 fully saturated rings. The van der Waals surface area contributed by atoms with Gasteiger partial charge in [-0.1, -0.05) is 0 Å². The number of nitrogens with zero attached hydrogens (tertiary/aromatic N) is 1. The topological polar surface area (TPSA) is 28.7 Å². The minimum atomic E-state index is -6.17. The summed E-state index contributed by atoms with van der Waals surface area (Å²) in [7, 11) is 0. The second kappa shape index (κ2) is 4.00. The van der Waals surface area contributed by atoms with E-state index in [4.69, 9.17) is 0 Å². The van der Waals surface area contributed by atoms with E-state index >= 15 is 0 Å². The molecule has 0 unspecified atom stereocenters. The molecule has 0 aromatic carbocycles. The third kappa shape index (κ3) is 2.47. The van der Waals surface area contributed by atoms with Gasteiger partial charge in [0, 0.05) is 0 Å². The summed E-state index contributed by atoms with van der Waals surface area (Å²) in [5.41, 5.74) is -4.49. The van der Waals surface area contributed by atoms with E-state index in [0.717, 1.165) is 5.10 Å².